The number of esters is 1. The first-order chi connectivity index (χ1) is 7.45. The van der Waals surface area contributed by atoms with Crippen LogP contribution < -0.4 is 0 Å². The predicted molar refractivity (Wildman–Crippen MR) is 67.1 cm³/mol. The van der Waals surface area contributed by atoms with Crippen LogP contribution in [0.15, 0.2) is 12.2 Å². The van der Waals surface area contributed by atoms with Crippen LogP contribution >= 0.6 is 0 Å². The Balaban J connectivity index is 4.02. The molecule has 3 nitrogen and oxygen atoms in total. The number of hydrogen-bond donors (Lipinski definition) is 0. The van der Waals surface area contributed by atoms with E-state index in [9.17, 15) is 4.79 Å². The van der Waals surface area contributed by atoms with Gasteiger partial charge in [0.1, 0.15) is 13.2 Å². The van der Waals surface area contributed by atoms with Crippen molar-refractivity contribution in [3.63, 3.8) is 0 Å². The minimum absolute atomic E-state index is 0.278. The topological polar surface area (TPSA) is 26.3 Å². The van der Waals surface area contributed by atoms with E-state index in [1.54, 1.807) is 6.92 Å². The zero-order valence-electron chi connectivity index (χ0n) is 11.2. The van der Waals surface area contributed by atoms with Crippen LogP contribution in [0.3, 0.4) is 0 Å². The van der Waals surface area contributed by atoms with E-state index in [1.165, 1.54) is 0 Å². The van der Waals surface area contributed by atoms with Crippen LogP contribution in [0, 0.1) is 0 Å². The zero-order chi connectivity index (χ0) is 12.6. The number of likely N-dealkylation sites (N-methyl/N-ethyl adjacent to an activating group) is 1. The minimum Gasteiger partial charge on any atom is -0.456 e. The van der Waals surface area contributed by atoms with Crippen LogP contribution in [0.2, 0.25) is 0 Å². The predicted octanol–water partition coefficient (Wildman–Crippen LogP) is 2.37. The first-order valence-corrected chi connectivity index (χ1v) is 6.11. The Kier molecular flexibility index (Phi) is 7.06. The lowest BCUT2D eigenvalue weighted by atomic mass is 10.3. The SMILES string of the molecule is C=C(C)C(=O)OCC[N+](C)(CCC)CCC. The summed E-state index contributed by atoms with van der Waals surface area (Å²) in [6.07, 6.45) is 2.32. The molecule has 0 unspecified atom stereocenters. The van der Waals surface area contributed by atoms with Crippen molar-refractivity contribution < 1.29 is 14.0 Å². The summed E-state index contributed by atoms with van der Waals surface area (Å²) >= 11 is 0. The highest BCUT2D eigenvalue weighted by atomic mass is 16.5. The van der Waals surface area contributed by atoms with E-state index in [0.717, 1.165) is 37.0 Å². The van der Waals surface area contributed by atoms with Gasteiger partial charge in [0.15, 0.2) is 0 Å². The fraction of sp³-hybridized carbons (Fsp3) is 0.769. The first-order valence-electron chi connectivity index (χ1n) is 6.11. The summed E-state index contributed by atoms with van der Waals surface area (Å²) in [5.74, 6) is -0.278. The Morgan fingerprint density at radius 2 is 1.69 bits per heavy atom. The molecular formula is C13H26NO2+. The Labute approximate surface area is 99.7 Å². The van der Waals surface area contributed by atoms with Crippen LogP contribution in [-0.4, -0.2) is 43.7 Å². The molecule has 0 aromatic rings. The molecule has 0 heterocycles. The molecule has 0 atom stereocenters. The molecule has 0 rings (SSSR count). The van der Waals surface area contributed by atoms with Gasteiger partial charge < -0.3 is 9.22 Å². The highest BCUT2D eigenvalue weighted by Crippen LogP contribution is 2.06. The van der Waals surface area contributed by atoms with Gasteiger partial charge in [0.25, 0.3) is 0 Å². The lowest BCUT2D eigenvalue weighted by molar-refractivity contribution is -0.909. The standard InChI is InChI=1S/C13H26NO2/c1-6-8-14(5,9-7-2)10-11-16-13(15)12(3)4/h3,6-11H2,1-2,4-5H3/q+1. The monoisotopic (exact) mass is 228 g/mol. The number of rotatable bonds is 8. The van der Waals surface area contributed by atoms with Crippen molar-refractivity contribution in [3.8, 4) is 0 Å². The van der Waals surface area contributed by atoms with Crippen molar-refractivity contribution >= 4 is 5.97 Å². The molecule has 94 valence electrons. The normalized spacial score (nSPS) is 11.2. The molecule has 0 saturated carbocycles. The summed E-state index contributed by atoms with van der Waals surface area (Å²) in [7, 11) is 2.22. The molecule has 0 aliphatic rings. The molecule has 16 heavy (non-hydrogen) atoms. The highest BCUT2D eigenvalue weighted by Gasteiger charge is 2.19. The van der Waals surface area contributed by atoms with Gasteiger partial charge in [-0.2, -0.15) is 0 Å². The third-order valence-electron chi connectivity index (χ3n) is 2.74. The number of carbonyl (C=O) groups excluding carboxylic acids is 1. The maximum atomic E-state index is 11.2. The second-order valence-corrected chi connectivity index (χ2v) is 4.71. The number of hydrogen-bond acceptors (Lipinski definition) is 2. The maximum Gasteiger partial charge on any atom is 0.333 e. The van der Waals surface area contributed by atoms with Crippen LogP contribution in [0.25, 0.3) is 0 Å². The van der Waals surface area contributed by atoms with Gasteiger partial charge in [0, 0.05) is 5.57 Å². The van der Waals surface area contributed by atoms with E-state index >= 15 is 0 Å². The zero-order valence-corrected chi connectivity index (χ0v) is 11.2. The molecule has 0 radical (unpaired) electrons. The van der Waals surface area contributed by atoms with Crippen molar-refractivity contribution in [2.45, 2.75) is 33.6 Å². The molecule has 0 aliphatic heterocycles. The van der Waals surface area contributed by atoms with E-state index in [-0.39, 0.29) is 5.97 Å². The second-order valence-electron chi connectivity index (χ2n) is 4.71. The molecule has 0 aromatic heterocycles. The van der Waals surface area contributed by atoms with Crippen LogP contribution in [0.5, 0.6) is 0 Å². The number of ether oxygens (including phenoxy) is 1. The van der Waals surface area contributed by atoms with Gasteiger partial charge in [-0.25, -0.2) is 4.79 Å². The van der Waals surface area contributed by atoms with Gasteiger partial charge in [-0.15, -0.1) is 0 Å². The summed E-state index contributed by atoms with van der Waals surface area (Å²) < 4.78 is 6.12. The fourth-order valence-corrected chi connectivity index (χ4v) is 1.90. The second kappa shape index (κ2) is 7.44. The van der Waals surface area contributed by atoms with Gasteiger partial charge >= 0.3 is 5.97 Å². The van der Waals surface area contributed by atoms with Gasteiger partial charge in [-0.3, -0.25) is 0 Å². The Bertz CT molecular complexity index is 230. The third kappa shape index (κ3) is 5.91. The van der Waals surface area contributed by atoms with E-state index in [2.05, 4.69) is 27.5 Å². The van der Waals surface area contributed by atoms with Crippen molar-refractivity contribution in [1.82, 2.24) is 0 Å². The summed E-state index contributed by atoms with van der Waals surface area (Å²) in [6.45, 7) is 13.3. The molecule has 0 amide bonds. The first kappa shape index (κ1) is 15.2. The molecule has 0 aromatic carbocycles. The summed E-state index contributed by atoms with van der Waals surface area (Å²) in [5, 5.41) is 0. The molecule has 0 N–H and O–H groups in total. The maximum absolute atomic E-state index is 11.2. The summed E-state index contributed by atoms with van der Waals surface area (Å²) in [4.78, 5) is 11.2. The molecule has 0 saturated heterocycles. The van der Waals surface area contributed by atoms with Crippen molar-refractivity contribution in [2.75, 3.05) is 33.3 Å². The van der Waals surface area contributed by atoms with Gasteiger partial charge in [-0.1, -0.05) is 20.4 Å². The van der Waals surface area contributed by atoms with E-state index in [1.807, 2.05) is 0 Å². The fourth-order valence-electron chi connectivity index (χ4n) is 1.90. The van der Waals surface area contributed by atoms with Gasteiger partial charge in [0.2, 0.25) is 0 Å². The largest absolute Gasteiger partial charge is 0.456 e. The van der Waals surface area contributed by atoms with E-state index < -0.39 is 0 Å². The minimum atomic E-state index is -0.278. The third-order valence-corrected chi connectivity index (χ3v) is 2.74. The Hall–Kier alpha value is -0.830. The van der Waals surface area contributed by atoms with E-state index in [0.29, 0.717) is 12.2 Å². The van der Waals surface area contributed by atoms with Gasteiger partial charge in [0.05, 0.1) is 20.1 Å². The summed E-state index contributed by atoms with van der Waals surface area (Å²) in [6, 6.07) is 0. The molecular weight excluding hydrogens is 202 g/mol. The number of nitrogens with zero attached hydrogens (tertiary/aromatic N) is 1. The van der Waals surface area contributed by atoms with Crippen molar-refractivity contribution in [2.24, 2.45) is 0 Å². The average molecular weight is 228 g/mol. The van der Waals surface area contributed by atoms with Crippen LogP contribution in [0.4, 0.5) is 0 Å². The van der Waals surface area contributed by atoms with Crippen LogP contribution in [0.1, 0.15) is 33.6 Å². The molecule has 0 aliphatic carbocycles. The lowest BCUT2D eigenvalue weighted by Gasteiger charge is -2.33. The molecule has 0 spiro atoms. The molecule has 0 fully saturated rings. The van der Waals surface area contributed by atoms with Crippen LogP contribution in [-0.2, 0) is 9.53 Å². The summed E-state index contributed by atoms with van der Waals surface area (Å²) in [5.41, 5.74) is 0.472. The highest BCUT2D eigenvalue weighted by molar-refractivity contribution is 5.86. The van der Waals surface area contributed by atoms with Gasteiger partial charge in [-0.05, 0) is 19.8 Å². The Morgan fingerprint density at radius 3 is 2.06 bits per heavy atom. The Morgan fingerprint density at radius 1 is 1.19 bits per heavy atom. The van der Waals surface area contributed by atoms with Crippen molar-refractivity contribution in [1.29, 1.82) is 0 Å². The quantitative estimate of drug-likeness (QED) is 0.362. The molecule has 0 bridgehead atoms. The smallest absolute Gasteiger partial charge is 0.333 e. The molecule has 3 heteroatoms. The average Bonchev–Trinajstić information content (AvgIpc) is 2.17. The van der Waals surface area contributed by atoms with E-state index in [4.69, 9.17) is 4.74 Å². The lowest BCUT2D eigenvalue weighted by Crippen LogP contribution is -2.47. The number of carbonyl (C=O) groups is 1. The number of quaternary nitrogens is 1. The van der Waals surface area contributed by atoms with Crippen molar-refractivity contribution in [3.05, 3.63) is 12.2 Å².